The van der Waals surface area contributed by atoms with Gasteiger partial charge in [0.05, 0.1) is 29.1 Å². The molecule has 5 rings (SSSR count). The number of benzene rings is 3. The number of nitrogens with zero attached hydrogens (tertiary/aromatic N) is 3. The van der Waals surface area contributed by atoms with Crippen LogP contribution < -0.4 is 9.46 Å². The van der Waals surface area contributed by atoms with E-state index in [0.29, 0.717) is 16.7 Å². The van der Waals surface area contributed by atoms with Gasteiger partial charge in [0, 0.05) is 11.3 Å². The summed E-state index contributed by atoms with van der Waals surface area (Å²) in [5, 5.41) is 0.853. The molecule has 7 nitrogen and oxygen atoms in total. The summed E-state index contributed by atoms with van der Waals surface area (Å²) < 4.78 is 42.8. The Kier molecular flexibility index (Phi) is 4.61. The quantitative estimate of drug-likeness (QED) is 0.411. The average Bonchev–Trinajstić information content (AvgIpc) is 3.40. The van der Waals surface area contributed by atoms with Crippen LogP contribution in [-0.4, -0.2) is 29.3 Å². The zero-order chi connectivity index (χ0) is 20.7. The summed E-state index contributed by atoms with van der Waals surface area (Å²) in [6.45, 7) is 0. The van der Waals surface area contributed by atoms with Crippen LogP contribution in [-0.2, 0) is 10.0 Å². The summed E-state index contributed by atoms with van der Waals surface area (Å²) in [6, 6.07) is 17.8. The van der Waals surface area contributed by atoms with Crippen LogP contribution in [0, 0.1) is 0 Å². The van der Waals surface area contributed by atoms with Gasteiger partial charge in [0.2, 0.25) is 0 Å². The first kappa shape index (κ1) is 18.9. The first-order valence-corrected chi connectivity index (χ1v) is 11.9. The third-order valence-electron chi connectivity index (χ3n) is 4.52. The Morgan fingerprint density at radius 1 is 0.967 bits per heavy atom. The van der Waals surface area contributed by atoms with E-state index in [-0.39, 0.29) is 4.90 Å². The van der Waals surface area contributed by atoms with Crippen LogP contribution in [0.25, 0.3) is 31.8 Å². The second-order valence-electron chi connectivity index (χ2n) is 6.42. The van der Waals surface area contributed by atoms with Crippen molar-refractivity contribution in [2.45, 2.75) is 4.90 Å². The molecule has 0 radical (unpaired) electrons. The minimum absolute atomic E-state index is 0.109. The first-order valence-electron chi connectivity index (χ1n) is 8.83. The van der Waals surface area contributed by atoms with E-state index in [9.17, 15) is 8.42 Å². The van der Waals surface area contributed by atoms with Crippen molar-refractivity contribution in [2.24, 2.45) is 0 Å². The van der Waals surface area contributed by atoms with E-state index in [1.165, 1.54) is 6.07 Å². The van der Waals surface area contributed by atoms with E-state index in [1.807, 2.05) is 30.3 Å². The number of sulfonamides is 1. The van der Waals surface area contributed by atoms with Gasteiger partial charge in [-0.3, -0.25) is 4.72 Å². The molecule has 3 aromatic carbocycles. The Balaban J connectivity index is 1.43. The van der Waals surface area contributed by atoms with Crippen LogP contribution in [0.2, 0.25) is 0 Å². The minimum atomic E-state index is -3.79. The van der Waals surface area contributed by atoms with E-state index in [4.69, 9.17) is 4.74 Å². The molecule has 2 aromatic heterocycles. The normalized spacial score (nSPS) is 11.8. The first-order chi connectivity index (χ1) is 14.5. The maximum Gasteiger partial charge on any atom is 0.264 e. The molecule has 150 valence electrons. The summed E-state index contributed by atoms with van der Waals surface area (Å²) in [5.74, 6) is 0.785. The Hall–Kier alpha value is -3.08. The Bertz CT molecular complexity index is 1470. The molecule has 0 aliphatic rings. The van der Waals surface area contributed by atoms with Crippen molar-refractivity contribution in [1.29, 1.82) is 0 Å². The molecule has 0 spiro atoms. The predicted octanol–water partition coefficient (Wildman–Crippen LogP) is 4.78. The molecular weight excluding hydrogens is 440 g/mol. The highest BCUT2D eigenvalue weighted by molar-refractivity contribution is 7.93. The number of methoxy groups -OCH3 is 1. The predicted molar refractivity (Wildman–Crippen MR) is 120 cm³/mol. The molecular formula is C20H14N4O3S3. The smallest absolute Gasteiger partial charge is 0.264 e. The zero-order valence-electron chi connectivity index (χ0n) is 15.6. The SMILES string of the molecule is COc1ccc2nc(-c3ccc(NS(=O)(=O)c4cccc5nsnc45)cc3)sc2c1. The Morgan fingerprint density at radius 3 is 2.60 bits per heavy atom. The number of anilines is 1. The molecule has 30 heavy (non-hydrogen) atoms. The molecule has 5 aromatic rings. The number of hydrogen-bond acceptors (Lipinski definition) is 8. The van der Waals surface area contributed by atoms with Crippen LogP contribution in [0.4, 0.5) is 5.69 Å². The fourth-order valence-electron chi connectivity index (χ4n) is 3.04. The number of rotatable bonds is 5. The summed E-state index contributed by atoms with van der Waals surface area (Å²) in [7, 11) is -2.16. The fraction of sp³-hybridized carbons (Fsp3) is 0.0500. The van der Waals surface area contributed by atoms with Gasteiger partial charge in [0.15, 0.2) is 0 Å². The highest BCUT2D eigenvalue weighted by atomic mass is 32.2. The highest BCUT2D eigenvalue weighted by Crippen LogP contribution is 2.33. The average molecular weight is 455 g/mol. The zero-order valence-corrected chi connectivity index (χ0v) is 18.0. The summed E-state index contributed by atoms with van der Waals surface area (Å²) in [5.41, 5.74) is 3.19. The number of nitrogens with one attached hydrogen (secondary N) is 1. The van der Waals surface area contributed by atoms with E-state index in [0.717, 1.165) is 38.3 Å². The van der Waals surface area contributed by atoms with Crippen molar-refractivity contribution in [3.8, 4) is 16.3 Å². The Labute approximate surface area is 180 Å². The van der Waals surface area contributed by atoms with Crippen LogP contribution in [0.15, 0.2) is 65.6 Å². The number of ether oxygens (including phenoxy) is 1. The van der Waals surface area contributed by atoms with Gasteiger partial charge in [-0.15, -0.1) is 11.3 Å². The monoisotopic (exact) mass is 454 g/mol. The lowest BCUT2D eigenvalue weighted by Crippen LogP contribution is -2.13. The van der Waals surface area contributed by atoms with E-state index < -0.39 is 10.0 Å². The lowest BCUT2D eigenvalue weighted by Gasteiger charge is -2.08. The number of hydrogen-bond donors (Lipinski definition) is 1. The molecule has 0 aliphatic heterocycles. The largest absolute Gasteiger partial charge is 0.497 e. The highest BCUT2D eigenvalue weighted by Gasteiger charge is 2.19. The molecule has 0 amide bonds. The Morgan fingerprint density at radius 2 is 1.80 bits per heavy atom. The third-order valence-corrected chi connectivity index (χ3v) is 7.54. The van der Waals surface area contributed by atoms with Crippen LogP contribution in [0.1, 0.15) is 0 Å². The van der Waals surface area contributed by atoms with Gasteiger partial charge in [0.25, 0.3) is 10.0 Å². The van der Waals surface area contributed by atoms with Gasteiger partial charge in [0.1, 0.15) is 26.7 Å². The molecule has 0 unspecified atom stereocenters. The number of thiazole rings is 1. The van der Waals surface area contributed by atoms with E-state index in [2.05, 4.69) is 18.5 Å². The second-order valence-corrected chi connectivity index (χ2v) is 9.63. The van der Waals surface area contributed by atoms with E-state index in [1.54, 1.807) is 42.7 Å². The number of aromatic nitrogens is 3. The molecule has 0 aliphatic carbocycles. The van der Waals surface area contributed by atoms with Crippen molar-refractivity contribution in [1.82, 2.24) is 13.7 Å². The molecule has 1 N–H and O–H groups in total. The fourth-order valence-corrected chi connectivity index (χ4v) is 5.87. The van der Waals surface area contributed by atoms with Crippen LogP contribution in [0.5, 0.6) is 5.75 Å². The third kappa shape index (κ3) is 3.38. The van der Waals surface area contributed by atoms with Crippen molar-refractivity contribution in [3.05, 3.63) is 60.7 Å². The van der Waals surface area contributed by atoms with Gasteiger partial charge in [-0.05, 0) is 54.6 Å². The molecule has 0 fully saturated rings. The van der Waals surface area contributed by atoms with E-state index >= 15 is 0 Å². The van der Waals surface area contributed by atoms with Gasteiger partial charge in [-0.1, -0.05) is 6.07 Å². The van der Waals surface area contributed by atoms with Gasteiger partial charge in [-0.25, -0.2) is 13.4 Å². The minimum Gasteiger partial charge on any atom is -0.497 e. The summed E-state index contributed by atoms with van der Waals surface area (Å²) in [4.78, 5) is 4.76. The second kappa shape index (κ2) is 7.31. The molecule has 0 saturated heterocycles. The van der Waals surface area contributed by atoms with Gasteiger partial charge >= 0.3 is 0 Å². The van der Waals surface area contributed by atoms with Crippen LogP contribution in [0.3, 0.4) is 0 Å². The summed E-state index contributed by atoms with van der Waals surface area (Å²) >= 11 is 2.54. The van der Waals surface area contributed by atoms with Gasteiger partial charge in [-0.2, -0.15) is 8.75 Å². The lowest BCUT2D eigenvalue weighted by atomic mass is 10.2. The maximum absolute atomic E-state index is 12.8. The molecule has 0 bridgehead atoms. The standard InChI is InChI=1S/C20H14N4O3S3/c1-27-14-9-10-15-17(11-14)28-20(21-15)12-5-7-13(8-6-12)24-30(25,26)18-4-2-3-16-19(18)23-29-22-16/h2-11,24H,1H3. The van der Waals surface area contributed by atoms with Crippen molar-refractivity contribution < 1.29 is 13.2 Å². The molecule has 10 heteroatoms. The topological polar surface area (TPSA) is 94.1 Å². The van der Waals surface area contributed by atoms with Crippen LogP contribution >= 0.6 is 23.1 Å². The molecule has 0 saturated carbocycles. The lowest BCUT2D eigenvalue weighted by molar-refractivity contribution is 0.415. The summed E-state index contributed by atoms with van der Waals surface area (Å²) in [6.07, 6.45) is 0. The number of fused-ring (bicyclic) bond motifs is 2. The van der Waals surface area contributed by atoms with Crippen molar-refractivity contribution >= 4 is 60.0 Å². The van der Waals surface area contributed by atoms with Gasteiger partial charge < -0.3 is 4.74 Å². The van der Waals surface area contributed by atoms with Crippen molar-refractivity contribution in [2.75, 3.05) is 11.8 Å². The maximum atomic E-state index is 12.8. The molecule has 2 heterocycles. The van der Waals surface area contributed by atoms with Crippen molar-refractivity contribution in [3.63, 3.8) is 0 Å². The molecule has 0 atom stereocenters.